The molecule has 1 aliphatic heterocycles. The number of nitrogens with one attached hydrogen (secondary N) is 1. The molecule has 0 aliphatic carbocycles. The van der Waals surface area contributed by atoms with Gasteiger partial charge in [0.25, 0.3) is 0 Å². The lowest BCUT2D eigenvalue weighted by Gasteiger charge is -2.47. The third-order valence-corrected chi connectivity index (χ3v) is 6.72. The lowest BCUT2D eigenvalue weighted by molar-refractivity contribution is -0.130. The van der Waals surface area contributed by atoms with Gasteiger partial charge in [0.1, 0.15) is 17.4 Å². The quantitative estimate of drug-likeness (QED) is 0.249. The molecule has 8 heteroatoms. The van der Waals surface area contributed by atoms with E-state index in [-0.39, 0.29) is 17.2 Å². The van der Waals surface area contributed by atoms with Gasteiger partial charge < -0.3 is 14.6 Å². The van der Waals surface area contributed by atoms with Gasteiger partial charge in [-0.15, -0.1) is 9.24 Å². The summed E-state index contributed by atoms with van der Waals surface area (Å²) in [5.41, 5.74) is 3.19. The number of aromatic nitrogens is 2. The number of benzene rings is 3. The van der Waals surface area contributed by atoms with E-state index in [1.54, 1.807) is 18.5 Å². The number of nitrogens with zero attached hydrogens (tertiary/aromatic N) is 2. The van der Waals surface area contributed by atoms with Crippen LogP contribution in [-0.4, -0.2) is 28.1 Å². The molecular weight excluding hydrogens is 467 g/mol. The monoisotopic (exact) mass is 493 g/mol. The topological polar surface area (TPSA) is 58.2 Å². The van der Waals surface area contributed by atoms with Crippen LogP contribution in [0, 0.1) is 17.6 Å². The second-order valence-electron chi connectivity index (χ2n) is 8.97. The molecule has 0 saturated carbocycles. The lowest BCUT2D eigenvalue weighted by atomic mass is 9.77. The summed E-state index contributed by atoms with van der Waals surface area (Å²) in [6.45, 7) is 2.38. The molecule has 5 nitrogen and oxygen atoms in total. The second-order valence-corrected chi connectivity index (χ2v) is 10.1. The minimum atomic E-state index is -0.791. The van der Waals surface area contributed by atoms with Crippen molar-refractivity contribution in [1.82, 2.24) is 9.97 Å². The Morgan fingerprint density at radius 2 is 1.86 bits per heavy atom. The van der Waals surface area contributed by atoms with E-state index < -0.39 is 23.6 Å². The summed E-state index contributed by atoms with van der Waals surface area (Å²) in [7, 11) is 2.67. The maximum absolute atomic E-state index is 15.4. The fraction of sp³-hybridized carbons (Fsp3) is 0.259. The number of aromatic amines is 1. The van der Waals surface area contributed by atoms with Crippen molar-refractivity contribution in [3.05, 3.63) is 89.8 Å². The fourth-order valence-electron chi connectivity index (χ4n) is 4.59. The molecule has 1 fully saturated rings. The van der Waals surface area contributed by atoms with Crippen molar-refractivity contribution in [3.63, 3.8) is 0 Å². The minimum absolute atomic E-state index is 0.126. The lowest BCUT2D eigenvalue weighted by Crippen LogP contribution is -2.56. The molecule has 4 aromatic rings. The molecule has 0 bridgehead atoms. The standard InChI is InChI=1S/C27H26F2N3O2P/c1-16(35)9-10-34-19-13-21(28)25(22(29)14-19)26-20(11-17-5-3-2-4-6-17)27(33)32(26)18-7-8-23-24(12-18)31-15-30-23/h2-8,12-16,20,26H,9-11,35H2,1H3,(H,30,31)/t16?,20-,26-/m1/s1. The molecule has 1 N–H and O–H groups in total. The number of carbonyl (C=O) groups excluding carboxylic acids is 1. The number of halogens is 2. The predicted octanol–water partition coefficient (Wildman–Crippen LogP) is 5.82. The zero-order valence-corrected chi connectivity index (χ0v) is 20.4. The highest BCUT2D eigenvalue weighted by Gasteiger charge is 2.50. The molecule has 2 unspecified atom stereocenters. The van der Waals surface area contributed by atoms with E-state index >= 15 is 8.78 Å². The van der Waals surface area contributed by atoms with Crippen LogP contribution in [0.2, 0.25) is 0 Å². The van der Waals surface area contributed by atoms with Crippen molar-refractivity contribution in [1.29, 1.82) is 0 Å². The molecule has 180 valence electrons. The number of rotatable bonds is 8. The van der Waals surface area contributed by atoms with Crippen molar-refractivity contribution in [3.8, 4) is 5.75 Å². The number of fused-ring (bicyclic) bond motifs is 1. The molecule has 0 radical (unpaired) electrons. The molecule has 1 aromatic heterocycles. The van der Waals surface area contributed by atoms with E-state index in [0.717, 1.165) is 17.5 Å². The highest BCUT2D eigenvalue weighted by atomic mass is 31.0. The molecule has 1 saturated heterocycles. The van der Waals surface area contributed by atoms with Gasteiger partial charge in [-0.2, -0.15) is 0 Å². The van der Waals surface area contributed by atoms with E-state index in [1.807, 2.05) is 43.3 Å². The van der Waals surface area contributed by atoms with Crippen LogP contribution in [0.1, 0.15) is 30.5 Å². The highest BCUT2D eigenvalue weighted by Crippen LogP contribution is 2.47. The first-order chi connectivity index (χ1) is 16.9. The van der Waals surface area contributed by atoms with Crippen LogP contribution in [0.4, 0.5) is 14.5 Å². The smallest absolute Gasteiger partial charge is 0.233 e. The Morgan fingerprint density at radius 1 is 1.11 bits per heavy atom. The summed E-state index contributed by atoms with van der Waals surface area (Å²) in [5.74, 6) is -2.08. The van der Waals surface area contributed by atoms with Crippen molar-refractivity contribution in [2.45, 2.75) is 31.5 Å². The van der Waals surface area contributed by atoms with Crippen LogP contribution in [-0.2, 0) is 11.2 Å². The van der Waals surface area contributed by atoms with Crippen LogP contribution in [0.25, 0.3) is 11.0 Å². The first kappa shape index (κ1) is 23.4. The number of amides is 1. The summed E-state index contributed by atoms with van der Waals surface area (Å²) in [5, 5.41) is 0. The van der Waals surface area contributed by atoms with Crippen LogP contribution in [0.5, 0.6) is 5.75 Å². The van der Waals surface area contributed by atoms with Gasteiger partial charge in [-0.1, -0.05) is 37.3 Å². The van der Waals surface area contributed by atoms with Gasteiger partial charge in [0.15, 0.2) is 0 Å². The molecule has 0 spiro atoms. The van der Waals surface area contributed by atoms with Gasteiger partial charge in [0.05, 0.1) is 35.9 Å². The van der Waals surface area contributed by atoms with Gasteiger partial charge in [-0.3, -0.25) is 4.79 Å². The van der Waals surface area contributed by atoms with Crippen LogP contribution in [0.3, 0.4) is 0 Å². The first-order valence-electron chi connectivity index (χ1n) is 11.6. The average molecular weight is 493 g/mol. The summed E-state index contributed by atoms with van der Waals surface area (Å²) in [4.78, 5) is 22.1. The number of imidazole rings is 1. The Morgan fingerprint density at radius 3 is 2.57 bits per heavy atom. The van der Waals surface area contributed by atoms with E-state index in [0.29, 0.717) is 29.9 Å². The van der Waals surface area contributed by atoms with Crippen LogP contribution < -0.4 is 9.64 Å². The number of hydrogen-bond donors (Lipinski definition) is 1. The first-order valence-corrected chi connectivity index (χ1v) is 12.3. The number of anilines is 1. The summed E-state index contributed by atoms with van der Waals surface area (Å²) in [6.07, 6.45) is 2.70. The van der Waals surface area contributed by atoms with Crippen molar-refractivity contribution in [2.75, 3.05) is 11.5 Å². The highest BCUT2D eigenvalue weighted by molar-refractivity contribution is 7.17. The van der Waals surface area contributed by atoms with E-state index in [9.17, 15) is 4.79 Å². The molecule has 1 aliphatic rings. The third kappa shape index (κ3) is 4.65. The number of H-pyrrole nitrogens is 1. The fourth-order valence-corrected chi connectivity index (χ4v) is 4.73. The average Bonchev–Trinajstić information content (AvgIpc) is 3.30. The number of ether oxygens (including phenoxy) is 1. The van der Waals surface area contributed by atoms with Gasteiger partial charge >= 0.3 is 0 Å². The molecule has 3 aromatic carbocycles. The van der Waals surface area contributed by atoms with Gasteiger partial charge in [-0.25, -0.2) is 13.8 Å². The number of carbonyl (C=O) groups is 1. The predicted molar refractivity (Wildman–Crippen MR) is 136 cm³/mol. The Balaban J connectivity index is 1.51. The zero-order chi connectivity index (χ0) is 24.5. The number of hydrogen-bond acceptors (Lipinski definition) is 3. The summed E-state index contributed by atoms with van der Waals surface area (Å²) < 4.78 is 36.4. The summed E-state index contributed by atoms with van der Waals surface area (Å²) in [6, 6.07) is 16.5. The van der Waals surface area contributed by atoms with Crippen molar-refractivity contribution in [2.24, 2.45) is 5.92 Å². The van der Waals surface area contributed by atoms with E-state index in [2.05, 4.69) is 19.2 Å². The Hall–Kier alpha value is -3.31. The Kier molecular flexibility index (Phi) is 6.52. The normalized spacial score (nSPS) is 18.5. The van der Waals surface area contributed by atoms with E-state index in [4.69, 9.17) is 4.74 Å². The van der Waals surface area contributed by atoms with Crippen molar-refractivity contribution >= 4 is 31.9 Å². The van der Waals surface area contributed by atoms with Gasteiger partial charge in [-0.05, 0) is 42.3 Å². The SMILES string of the molecule is CC(P)CCOc1cc(F)c([C@H]2[C@@H](Cc3ccccc3)C(=O)N2c2ccc3[nH]cnc3c2)c(F)c1. The Bertz CT molecular complexity index is 1340. The molecule has 5 rings (SSSR count). The van der Waals surface area contributed by atoms with Crippen LogP contribution in [0.15, 0.2) is 67.0 Å². The zero-order valence-electron chi connectivity index (χ0n) is 19.2. The second kappa shape index (κ2) is 9.74. The molecule has 35 heavy (non-hydrogen) atoms. The van der Waals surface area contributed by atoms with Gasteiger partial charge in [0, 0.05) is 23.4 Å². The maximum atomic E-state index is 15.4. The Labute approximate surface area is 204 Å². The number of β-lactam (4-membered cyclic amide) rings is 1. The molecular formula is C27H26F2N3O2P. The minimum Gasteiger partial charge on any atom is -0.493 e. The summed E-state index contributed by atoms with van der Waals surface area (Å²) >= 11 is 0. The van der Waals surface area contributed by atoms with Crippen LogP contribution >= 0.6 is 9.24 Å². The molecule has 4 atom stereocenters. The van der Waals surface area contributed by atoms with Gasteiger partial charge in [0.2, 0.25) is 5.91 Å². The third-order valence-electron chi connectivity index (χ3n) is 6.39. The molecule has 2 heterocycles. The van der Waals surface area contributed by atoms with Crippen molar-refractivity contribution < 1.29 is 18.3 Å². The maximum Gasteiger partial charge on any atom is 0.233 e. The molecule has 1 amide bonds. The largest absolute Gasteiger partial charge is 0.493 e. The van der Waals surface area contributed by atoms with E-state index in [1.165, 1.54) is 17.0 Å².